The summed E-state index contributed by atoms with van der Waals surface area (Å²) in [6, 6.07) is 13.3. The van der Waals surface area contributed by atoms with Crippen LogP contribution in [0.2, 0.25) is 0 Å². The van der Waals surface area contributed by atoms with Crippen molar-refractivity contribution >= 4 is 16.8 Å². The molecule has 0 aliphatic carbocycles. The molecular formula is C22H23N5O3. The number of rotatable bonds is 6. The number of carbonyl (C=O) groups is 1. The summed E-state index contributed by atoms with van der Waals surface area (Å²) in [5.74, 6) is 1.31. The molecule has 154 valence electrons. The molecule has 0 saturated heterocycles. The predicted octanol–water partition coefficient (Wildman–Crippen LogP) is 2.81. The minimum absolute atomic E-state index is 0.135. The molecule has 8 nitrogen and oxygen atoms in total. The number of hydrogen-bond donors (Lipinski definition) is 1. The van der Waals surface area contributed by atoms with E-state index in [-0.39, 0.29) is 24.4 Å². The molecule has 3 heterocycles. The third-order valence-corrected chi connectivity index (χ3v) is 4.99. The summed E-state index contributed by atoms with van der Waals surface area (Å²) in [6.07, 6.45) is 0.135. The van der Waals surface area contributed by atoms with Crippen molar-refractivity contribution in [3.8, 4) is 5.69 Å². The first-order valence-corrected chi connectivity index (χ1v) is 9.78. The molecule has 0 saturated carbocycles. The summed E-state index contributed by atoms with van der Waals surface area (Å²) >= 11 is 0. The van der Waals surface area contributed by atoms with Crippen molar-refractivity contribution in [2.75, 3.05) is 0 Å². The van der Waals surface area contributed by atoms with Crippen LogP contribution in [0.3, 0.4) is 0 Å². The summed E-state index contributed by atoms with van der Waals surface area (Å²) < 4.78 is 8.51. The van der Waals surface area contributed by atoms with Crippen molar-refractivity contribution < 1.29 is 9.21 Å². The van der Waals surface area contributed by atoms with E-state index in [0.717, 1.165) is 22.5 Å². The van der Waals surface area contributed by atoms with E-state index in [1.54, 1.807) is 4.68 Å². The first-order chi connectivity index (χ1) is 14.4. The number of aryl methyl sites for hydroxylation is 4. The van der Waals surface area contributed by atoms with Crippen molar-refractivity contribution in [3.05, 3.63) is 75.7 Å². The van der Waals surface area contributed by atoms with Crippen molar-refractivity contribution in [2.45, 2.75) is 40.3 Å². The third kappa shape index (κ3) is 3.76. The molecule has 0 atom stereocenters. The van der Waals surface area contributed by atoms with Gasteiger partial charge in [-0.05, 0) is 45.0 Å². The van der Waals surface area contributed by atoms with Gasteiger partial charge < -0.3 is 9.73 Å². The topological polar surface area (TPSA) is 95.0 Å². The fraction of sp³-hybridized carbons (Fsp3) is 0.273. The van der Waals surface area contributed by atoms with Crippen LogP contribution in [-0.4, -0.2) is 25.5 Å². The van der Waals surface area contributed by atoms with Gasteiger partial charge in [0.1, 0.15) is 11.5 Å². The van der Waals surface area contributed by atoms with Crippen LogP contribution in [-0.2, 0) is 17.9 Å². The van der Waals surface area contributed by atoms with Gasteiger partial charge in [0.25, 0.3) is 5.56 Å². The molecule has 4 aromatic rings. The minimum Gasteiger partial charge on any atom is -0.465 e. The molecule has 1 N–H and O–H groups in total. The zero-order chi connectivity index (χ0) is 21.3. The van der Waals surface area contributed by atoms with Crippen LogP contribution in [0.15, 0.2) is 51.7 Å². The Morgan fingerprint density at radius 3 is 2.53 bits per heavy atom. The molecule has 30 heavy (non-hydrogen) atoms. The van der Waals surface area contributed by atoms with E-state index in [1.165, 1.54) is 4.68 Å². The normalized spacial score (nSPS) is 11.2. The van der Waals surface area contributed by atoms with E-state index in [1.807, 2.05) is 63.2 Å². The number of nitrogens with one attached hydrogen (secondary N) is 1. The molecule has 8 heteroatoms. The lowest BCUT2D eigenvalue weighted by Gasteiger charge is -2.07. The van der Waals surface area contributed by atoms with Crippen LogP contribution in [0, 0.1) is 20.8 Å². The Labute approximate surface area is 173 Å². The Morgan fingerprint density at radius 2 is 1.83 bits per heavy atom. The van der Waals surface area contributed by atoms with Gasteiger partial charge in [0, 0.05) is 6.42 Å². The van der Waals surface area contributed by atoms with Crippen molar-refractivity contribution in [2.24, 2.45) is 0 Å². The fourth-order valence-electron chi connectivity index (χ4n) is 3.52. The average molecular weight is 405 g/mol. The average Bonchev–Trinajstić information content (AvgIpc) is 3.32. The maximum Gasteiger partial charge on any atom is 0.295 e. The Balaban J connectivity index is 1.54. The molecule has 0 spiro atoms. The van der Waals surface area contributed by atoms with Crippen LogP contribution in [0.5, 0.6) is 0 Å². The number of aromatic nitrogens is 4. The smallest absolute Gasteiger partial charge is 0.295 e. The molecule has 0 unspecified atom stereocenters. The number of carbonyl (C=O) groups excluding carboxylic acids is 1. The second kappa shape index (κ2) is 7.98. The third-order valence-electron chi connectivity index (χ3n) is 4.99. The highest BCUT2D eigenvalue weighted by atomic mass is 16.3. The number of amides is 1. The largest absolute Gasteiger partial charge is 0.465 e. The number of hydrogen-bond acceptors (Lipinski definition) is 5. The fourth-order valence-corrected chi connectivity index (χ4v) is 3.52. The Morgan fingerprint density at radius 1 is 1.07 bits per heavy atom. The van der Waals surface area contributed by atoms with Gasteiger partial charge >= 0.3 is 0 Å². The highest BCUT2D eigenvalue weighted by Crippen LogP contribution is 2.20. The van der Waals surface area contributed by atoms with Gasteiger partial charge in [0.15, 0.2) is 5.52 Å². The van der Waals surface area contributed by atoms with Crippen LogP contribution in [0.25, 0.3) is 16.6 Å². The van der Waals surface area contributed by atoms with E-state index < -0.39 is 0 Å². The highest BCUT2D eigenvalue weighted by molar-refractivity contribution is 5.83. The van der Waals surface area contributed by atoms with E-state index in [4.69, 9.17) is 4.42 Å². The van der Waals surface area contributed by atoms with E-state index >= 15 is 0 Å². The van der Waals surface area contributed by atoms with Crippen LogP contribution in [0.1, 0.15) is 29.3 Å². The molecular weight excluding hydrogens is 382 g/mol. The van der Waals surface area contributed by atoms with E-state index in [0.29, 0.717) is 23.5 Å². The van der Waals surface area contributed by atoms with Gasteiger partial charge in [-0.15, -0.1) is 0 Å². The monoisotopic (exact) mass is 405 g/mol. The maximum absolute atomic E-state index is 13.0. The lowest BCUT2D eigenvalue weighted by atomic mass is 10.2. The Bertz CT molecular complexity index is 1270. The predicted molar refractivity (Wildman–Crippen MR) is 113 cm³/mol. The van der Waals surface area contributed by atoms with Crippen LogP contribution < -0.4 is 10.9 Å². The second-order valence-corrected chi connectivity index (χ2v) is 7.21. The summed E-state index contributed by atoms with van der Waals surface area (Å²) in [4.78, 5) is 25.1. The van der Waals surface area contributed by atoms with Crippen molar-refractivity contribution in [1.29, 1.82) is 0 Å². The first kappa shape index (κ1) is 19.6. The van der Waals surface area contributed by atoms with E-state index in [2.05, 4.69) is 15.5 Å². The van der Waals surface area contributed by atoms with E-state index in [9.17, 15) is 9.59 Å². The van der Waals surface area contributed by atoms with Gasteiger partial charge in [0.2, 0.25) is 5.91 Å². The molecule has 3 aromatic heterocycles. The SMILES string of the molecule is Cc1ccc(CNC(=O)CCn2nc(C)c3c(C)n(-c4ccccc4)nc3c2=O)o1. The summed E-state index contributed by atoms with van der Waals surface area (Å²) in [5.41, 5.74) is 2.50. The standard InChI is InChI=1S/C22H23N5O3/c1-14-9-10-18(30-14)13-23-19(28)11-12-26-22(29)21-20(15(2)24-26)16(3)27(25-21)17-7-5-4-6-8-17/h4-10H,11-13H2,1-3H3,(H,23,28). The zero-order valence-corrected chi connectivity index (χ0v) is 17.2. The number of para-hydroxylation sites is 1. The van der Waals surface area contributed by atoms with Crippen molar-refractivity contribution in [1.82, 2.24) is 24.9 Å². The Kier molecular flexibility index (Phi) is 5.22. The second-order valence-electron chi connectivity index (χ2n) is 7.21. The summed E-state index contributed by atoms with van der Waals surface area (Å²) in [7, 11) is 0. The zero-order valence-electron chi connectivity index (χ0n) is 17.2. The molecule has 0 aliphatic rings. The van der Waals surface area contributed by atoms with Gasteiger partial charge in [-0.25, -0.2) is 9.36 Å². The lowest BCUT2D eigenvalue weighted by Crippen LogP contribution is -2.29. The number of benzene rings is 1. The van der Waals surface area contributed by atoms with Gasteiger partial charge in [0.05, 0.1) is 35.6 Å². The number of fused-ring (bicyclic) bond motifs is 1. The van der Waals surface area contributed by atoms with Gasteiger partial charge in [-0.3, -0.25) is 9.59 Å². The number of nitrogens with zero attached hydrogens (tertiary/aromatic N) is 4. The van der Waals surface area contributed by atoms with Crippen molar-refractivity contribution in [3.63, 3.8) is 0 Å². The number of furan rings is 1. The van der Waals surface area contributed by atoms with Gasteiger partial charge in [-0.2, -0.15) is 10.2 Å². The van der Waals surface area contributed by atoms with Crippen LogP contribution in [0.4, 0.5) is 0 Å². The lowest BCUT2D eigenvalue weighted by molar-refractivity contribution is -0.121. The quantitative estimate of drug-likeness (QED) is 0.532. The molecule has 0 radical (unpaired) electrons. The molecule has 0 fully saturated rings. The first-order valence-electron chi connectivity index (χ1n) is 9.78. The molecule has 0 aliphatic heterocycles. The molecule has 1 aromatic carbocycles. The Hall–Kier alpha value is -3.68. The van der Waals surface area contributed by atoms with Gasteiger partial charge in [-0.1, -0.05) is 18.2 Å². The molecule has 1 amide bonds. The maximum atomic E-state index is 13.0. The minimum atomic E-state index is -0.303. The molecule has 4 rings (SSSR count). The highest BCUT2D eigenvalue weighted by Gasteiger charge is 2.17. The van der Waals surface area contributed by atoms with Crippen LogP contribution >= 0.6 is 0 Å². The summed E-state index contributed by atoms with van der Waals surface area (Å²) in [5, 5.41) is 12.5. The summed E-state index contributed by atoms with van der Waals surface area (Å²) in [6.45, 7) is 6.11. The molecule has 0 bridgehead atoms.